The number of hydrogen-bond donors (Lipinski definition) is 3. The van der Waals surface area contributed by atoms with Gasteiger partial charge in [0.2, 0.25) is 0 Å². The van der Waals surface area contributed by atoms with Crippen LogP contribution in [-0.2, 0) is 17.6 Å². The maximum atomic E-state index is 12.4. The van der Waals surface area contributed by atoms with Crippen molar-refractivity contribution in [1.29, 1.82) is 0 Å². The Kier molecular flexibility index (Phi) is 4.45. The molecule has 3 aliphatic rings. The van der Waals surface area contributed by atoms with Gasteiger partial charge in [-0.1, -0.05) is 43.3 Å². The molecule has 1 aliphatic carbocycles. The molecular weight excluding hydrogens is 368 g/mol. The van der Waals surface area contributed by atoms with Crippen LogP contribution in [0.1, 0.15) is 29.7 Å². The number of thioether (sulfide) groups is 1. The first kappa shape index (κ1) is 17.5. The summed E-state index contributed by atoms with van der Waals surface area (Å²) in [6.45, 7) is 2.14. The van der Waals surface area contributed by atoms with Gasteiger partial charge in [0, 0.05) is 6.21 Å². The van der Waals surface area contributed by atoms with Gasteiger partial charge in [0.1, 0.15) is 5.70 Å². The Morgan fingerprint density at radius 3 is 2.93 bits per heavy atom. The Morgan fingerprint density at radius 1 is 1.25 bits per heavy atom. The number of hydrogen-bond acceptors (Lipinski definition) is 5. The van der Waals surface area contributed by atoms with Crippen LogP contribution in [0.4, 0.5) is 0 Å². The molecule has 5 nitrogen and oxygen atoms in total. The van der Waals surface area contributed by atoms with Crippen LogP contribution < -0.4 is 16.3 Å². The summed E-state index contributed by atoms with van der Waals surface area (Å²) in [7, 11) is 0. The fourth-order valence-electron chi connectivity index (χ4n) is 4.14. The summed E-state index contributed by atoms with van der Waals surface area (Å²) in [5, 5.41) is 9.15. The molecule has 0 bridgehead atoms. The van der Waals surface area contributed by atoms with Crippen LogP contribution in [0.5, 0.6) is 0 Å². The van der Waals surface area contributed by atoms with Crippen LogP contribution in [0.3, 0.4) is 0 Å². The molecule has 3 unspecified atom stereocenters. The van der Waals surface area contributed by atoms with E-state index in [1.54, 1.807) is 18.0 Å². The van der Waals surface area contributed by atoms with Crippen molar-refractivity contribution >= 4 is 34.7 Å². The van der Waals surface area contributed by atoms with Crippen molar-refractivity contribution in [3.8, 4) is 0 Å². The predicted molar refractivity (Wildman–Crippen MR) is 115 cm³/mol. The van der Waals surface area contributed by atoms with E-state index in [9.17, 15) is 4.79 Å². The molecule has 28 heavy (non-hydrogen) atoms. The van der Waals surface area contributed by atoms with E-state index < -0.39 is 0 Å². The fraction of sp³-hybridized carbons (Fsp3) is 0.273. The van der Waals surface area contributed by atoms with Gasteiger partial charge in [0.15, 0.2) is 0 Å². The Hall–Kier alpha value is -2.57. The molecule has 6 heteroatoms. The van der Waals surface area contributed by atoms with E-state index in [1.807, 2.05) is 6.08 Å². The first-order valence-corrected chi connectivity index (χ1v) is 10.6. The van der Waals surface area contributed by atoms with Crippen molar-refractivity contribution in [2.45, 2.75) is 31.1 Å². The molecule has 3 atom stereocenters. The molecule has 2 heterocycles. The lowest BCUT2D eigenvalue weighted by Crippen LogP contribution is -2.33. The lowest BCUT2D eigenvalue weighted by molar-refractivity contribution is -0.117. The van der Waals surface area contributed by atoms with Crippen LogP contribution >= 0.6 is 11.8 Å². The molecule has 1 amide bonds. The summed E-state index contributed by atoms with van der Waals surface area (Å²) >= 11 is 1.72. The molecule has 0 saturated carbocycles. The molecule has 142 valence electrons. The Morgan fingerprint density at radius 2 is 2.11 bits per heavy atom. The van der Waals surface area contributed by atoms with Gasteiger partial charge in [-0.05, 0) is 57.7 Å². The zero-order chi connectivity index (χ0) is 19.1. The van der Waals surface area contributed by atoms with Crippen LogP contribution in [0.25, 0.3) is 10.8 Å². The smallest absolute Gasteiger partial charge is 0.288 e. The van der Waals surface area contributed by atoms with Gasteiger partial charge in [0.25, 0.3) is 5.91 Å². The lowest BCUT2D eigenvalue weighted by atomic mass is 9.95. The average molecular weight is 391 g/mol. The number of hydrazine groups is 1. The number of benzene rings is 2. The second kappa shape index (κ2) is 7.11. The summed E-state index contributed by atoms with van der Waals surface area (Å²) in [5.41, 5.74) is 13.4. The van der Waals surface area contributed by atoms with Crippen LogP contribution in [0.2, 0.25) is 0 Å². The Bertz CT molecular complexity index is 1030. The van der Waals surface area contributed by atoms with Gasteiger partial charge in [0.05, 0.1) is 11.3 Å². The molecule has 0 spiro atoms. The highest BCUT2D eigenvalue weighted by Crippen LogP contribution is 2.36. The second-order valence-corrected chi connectivity index (χ2v) is 8.58. The van der Waals surface area contributed by atoms with E-state index >= 15 is 0 Å². The largest absolute Gasteiger partial charge is 0.316 e. The average Bonchev–Trinajstić information content (AvgIpc) is 3.44. The number of carbonyl (C=O) groups excluding carboxylic acids is 1. The predicted octanol–water partition coefficient (Wildman–Crippen LogP) is 3.34. The Balaban J connectivity index is 1.33. The monoisotopic (exact) mass is 390 g/mol. The molecular formula is C22H22N4OS. The standard InChI is InChI=1S/C22H22N4OS/c1-13-9-10-28-20(13)12-23-26-22(27)19-11-18(24-25-19)16-8-7-15-6-5-14-3-2-4-17(16)21(14)15/h2-4,7-13,18,20,24-25H,5-6H2,1H3,(H,26,27)/b23-12-. The van der Waals surface area contributed by atoms with Crippen molar-refractivity contribution in [2.75, 3.05) is 0 Å². The first-order valence-electron chi connectivity index (χ1n) is 9.63. The number of carbonyl (C=O) groups is 1. The maximum absolute atomic E-state index is 12.4. The SMILES string of the molecule is CC1C=CSC1/C=N\NC(=O)C1=CC(c2ccc3c4c(cccc24)CC3)NN1. The van der Waals surface area contributed by atoms with E-state index in [4.69, 9.17) is 0 Å². The first-order chi connectivity index (χ1) is 13.7. The summed E-state index contributed by atoms with van der Waals surface area (Å²) in [6, 6.07) is 10.9. The van der Waals surface area contributed by atoms with Crippen LogP contribution in [0, 0.1) is 5.92 Å². The molecule has 3 N–H and O–H groups in total. The number of amides is 1. The zero-order valence-electron chi connectivity index (χ0n) is 15.6. The number of rotatable bonds is 4. The lowest BCUT2D eigenvalue weighted by Gasteiger charge is -2.14. The van der Waals surface area contributed by atoms with Crippen molar-refractivity contribution in [3.63, 3.8) is 0 Å². The third-order valence-corrected chi connectivity index (χ3v) is 6.89. The highest BCUT2D eigenvalue weighted by molar-refractivity contribution is 8.03. The van der Waals surface area contributed by atoms with Crippen molar-refractivity contribution < 1.29 is 4.79 Å². The van der Waals surface area contributed by atoms with E-state index in [0.29, 0.717) is 11.6 Å². The summed E-state index contributed by atoms with van der Waals surface area (Å²) < 4.78 is 0. The van der Waals surface area contributed by atoms with E-state index in [2.05, 4.69) is 70.1 Å². The number of hydrazone groups is 1. The minimum Gasteiger partial charge on any atom is -0.316 e. The maximum Gasteiger partial charge on any atom is 0.288 e. The van der Waals surface area contributed by atoms with Crippen molar-refractivity contribution in [2.24, 2.45) is 11.0 Å². The topological polar surface area (TPSA) is 65.5 Å². The fourth-order valence-corrected chi connectivity index (χ4v) is 5.13. The number of nitrogens with zero attached hydrogens (tertiary/aromatic N) is 1. The molecule has 5 rings (SSSR count). The normalized spacial score (nSPS) is 25.5. The van der Waals surface area contributed by atoms with E-state index in [1.165, 1.54) is 27.5 Å². The van der Waals surface area contributed by atoms with Gasteiger partial charge in [-0.3, -0.25) is 4.79 Å². The van der Waals surface area contributed by atoms with Crippen molar-refractivity contribution in [3.05, 3.63) is 70.3 Å². The minimum absolute atomic E-state index is 0.0516. The number of nitrogens with one attached hydrogen (secondary N) is 3. The molecule has 0 saturated heterocycles. The molecule has 2 aromatic rings. The van der Waals surface area contributed by atoms with Crippen LogP contribution in [0.15, 0.2) is 58.7 Å². The van der Waals surface area contributed by atoms with Gasteiger partial charge >= 0.3 is 0 Å². The highest BCUT2D eigenvalue weighted by Gasteiger charge is 2.25. The summed E-state index contributed by atoms with van der Waals surface area (Å²) in [4.78, 5) is 12.4. The van der Waals surface area contributed by atoms with Crippen molar-refractivity contribution in [1.82, 2.24) is 16.3 Å². The van der Waals surface area contributed by atoms with Gasteiger partial charge in [-0.15, -0.1) is 11.8 Å². The zero-order valence-corrected chi connectivity index (χ0v) is 16.4. The quantitative estimate of drug-likeness (QED) is 0.553. The number of aryl methyl sites for hydroxylation is 2. The van der Waals surface area contributed by atoms with Gasteiger partial charge in [-0.2, -0.15) is 5.10 Å². The molecule has 2 aliphatic heterocycles. The van der Waals surface area contributed by atoms with E-state index in [0.717, 1.165) is 12.8 Å². The third-order valence-electron chi connectivity index (χ3n) is 5.71. The third kappa shape index (κ3) is 3.02. The Labute approximate surface area is 168 Å². The minimum atomic E-state index is -0.235. The van der Waals surface area contributed by atoms with E-state index in [-0.39, 0.29) is 17.2 Å². The molecule has 0 fully saturated rings. The summed E-state index contributed by atoms with van der Waals surface area (Å²) in [6.07, 6.45) is 8.11. The highest BCUT2D eigenvalue weighted by atomic mass is 32.2. The molecule has 2 aromatic carbocycles. The molecule has 0 radical (unpaired) electrons. The van der Waals surface area contributed by atoms with Crippen LogP contribution in [-0.4, -0.2) is 17.4 Å². The molecule has 0 aromatic heterocycles. The second-order valence-electron chi connectivity index (χ2n) is 7.49. The number of allylic oxidation sites excluding steroid dienone is 1. The summed E-state index contributed by atoms with van der Waals surface area (Å²) in [5.74, 6) is 0.199. The van der Waals surface area contributed by atoms with Gasteiger partial charge in [-0.25, -0.2) is 10.9 Å². The van der Waals surface area contributed by atoms with Gasteiger partial charge < -0.3 is 5.43 Å².